The molecule has 0 radical (unpaired) electrons. The van der Waals surface area contributed by atoms with Crippen molar-refractivity contribution in [2.45, 2.75) is 11.8 Å². The summed E-state index contributed by atoms with van der Waals surface area (Å²) in [4.78, 5) is 0.868. The molecule has 3 heteroatoms. The summed E-state index contributed by atoms with van der Waals surface area (Å²) < 4.78 is 14.2. The molecule has 0 unspecified atom stereocenters. The van der Waals surface area contributed by atoms with Gasteiger partial charge in [-0.3, -0.25) is 0 Å². The molecule has 0 N–H and O–H groups in total. The Morgan fingerprint density at radius 3 is 2.92 bits per heavy atom. The molecule has 2 rings (SSSR count). The van der Waals surface area contributed by atoms with E-state index in [4.69, 9.17) is 0 Å². The number of thiol groups is 1. The lowest BCUT2D eigenvalue weighted by atomic mass is 10.1. The maximum atomic E-state index is 13.1. The second-order valence-corrected chi connectivity index (χ2v) is 4.06. The lowest BCUT2D eigenvalue weighted by molar-refractivity contribution is 0.621. The summed E-state index contributed by atoms with van der Waals surface area (Å²) in [6, 6.07) is 3.30. The fourth-order valence-corrected chi connectivity index (χ4v) is 2.66. The van der Waals surface area contributed by atoms with Gasteiger partial charge in [-0.05, 0) is 24.6 Å². The lowest BCUT2D eigenvalue weighted by Gasteiger charge is -1.98. The molecule has 0 nitrogen and oxygen atoms in total. The van der Waals surface area contributed by atoms with E-state index in [1.807, 2.05) is 5.38 Å². The highest BCUT2D eigenvalue weighted by Gasteiger charge is 2.06. The molecule has 0 fully saturated rings. The molecule has 0 aliphatic heterocycles. The first-order valence-corrected chi connectivity index (χ1v) is 4.88. The van der Waals surface area contributed by atoms with Gasteiger partial charge < -0.3 is 0 Å². The minimum absolute atomic E-state index is 0.156. The zero-order valence-electron chi connectivity index (χ0n) is 6.47. The number of fused-ring (bicyclic) bond motifs is 1. The Balaban J connectivity index is 2.96. The van der Waals surface area contributed by atoms with Crippen LogP contribution in [0.1, 0.15) is 5.56 Å². The van der Waals surface area contributed by atoms with E-state index in [2.05, 4.69) is 12.6 Å². The normalized spacial score (nSPS) is 10.9. The number of aryl methyl sites for hydroxylation is 1. The summed E-state index contributed by atoms with van der Waals surface area (Å²) in [5.41, 5.74) is 0.693. The van der Waals surface area contributed by atoms with E-state index in [9.17, 15) is 4.39 Å². The van der Waals surface area contributed by atoms with Gasteiger partial charge in [0.25, 0.3) is 0 Å². The summed E-state index contributed by atoms with van der Waals surface area (Å²) in [7, 11) is 0. The van der Waals surface area contributed by atoms with Gasteiger partial charge in [0, 0.05) is 20.4 Å². The van der Waals surface area contributed by atoms with Crippen LogP contribution in [0.4, 0.5) is 4.39 Å². The quantitative estimate of drug-likeness (QED) is 0.614. The molecule has 62 valence electrons. The Bertz CT molecular complexity index is 431. The molecule has 1 heterocycles. The molecule has 0 saturated carbocycles. The van der Waals surface area contributed by atoms with Gasteiger partial charge in [0.05, 0.1) is 0 Å². The van der Waals surface area contributed by atoms with Gasteiger partial charge >= 0.3 is 0 Å². The van der Waals surface area contributed by atoms with Crippen molar-refractivity contribution in [3.63, 3.8) is 0 Å². The van der Waals surface area contributed by atoms with Crippen LogP contribution >= 0.6 is 24.0 Å². The van der Waals surface area contributed by atoms with Crippen molar-refractivity contribution in [3.8, 4) is 0 Å². The summed E-state index contributed by atoms with van der Waals surface area (Å²) in [5, 5.41) is 2.88. The number of rotatable bonds is 0. The van der Waals surface area contributed by atoms with Crippen LogP contribution in [0.3, 0.4) is 0 Å². The van der Waals surface area contributed by atoms with Crippen molar-refractivity contribution in [1.29, 1.82) is 0 Å². The average molecular weight is 198 g/mol. The van der Waals surface area contributed by atoms with E-state index in [0.717, 1.165) is 15.0 Å². The molecular weight excluding hydrogens is 191 g/mol. The van der Waals surface area contributed by atoms with Crippen molar-refractivity contribution >= 4 is 34.1 Å². The van der Waals surface area contributed by atoms with Gasteiger partial charge in [0.1, 0.15) is 5.82 Å². The van der Waals surface area contributed by atoms with Crippen LogP contribution in [0.2, 0.25) is 0 Å². The molecule has 0 spiro atoms. The molecule has 0 atom stereocenters. The highest BCUT2D eigenvalue weighted by Crippen LogP contribution is 2.32. The van der Waals surface area contributed by atoms with Gasteiger partial charge in [-0.1, -0.05) is 0 Å². The van der Waals surface area contributed by atoms with E-state index in [1.165, 1.54) is 6.07 Å². The van der Waals surface area contributed by atoms with Crippen molar-refractivity contribution in [2.75, 3.05) is 0 Å². The summed E-state index contributed by atoms with van der Waals surface area (Å²) >= 11 is 5.86. The fraction of sp³-hybridized carbons (Fsp3) is 0.111. The molecule has 12 heavy (non-hydrogen) atoms. The van der Waals surface area contributed by atoms with E-state index in [-0.39, 0.29) is 5.82 Å². The maximum absolute atomic E-state index is 13.1. The van der Waals surface area contributed by atoms with Gasteiger partial charge in [-0.25, -0.2) is 4.39 Å². The second kappa shape index (κ2) is 2.75. The van der Waals surface area contributed by atoms with Crippen molar-refractivity contribution in [2.24, 2.45) is 0 Å². The standard InChI is InChI=1S/C9H7FS2/c1-5-6(10)2-3-8-9(5)7(11)4-12-8/h2-4,11H,1H3. The fourth-order valence-electron chi connectivity index (χ4n) is 1.26. The Hall–Kier alpha value is -0.540. The molecule has 0 bridgehead atoms. The van der Waals surface area contributed by atoms with Crippen LogP contribution in [-0.4, -0.2) is 0 Å². The molecule has 0 aliphatic rings. The molecule has 0 amide bonds. The number of hydrogen-bond donors (Lipinski definition) is 1. The van der Waals surface area contributed by atoms with E-state index >= 15 is 0 Å². The van der Waals surface area contributed by atoms with Crippen LogP contribution in [-0.2, 0) is 0 Å². The first-order chi connectivity index (χ1) is 5.70. The van der Waals surface area contributed by atoms with Gasteiger partial charge in [-0.15, -0.1) is 24.0 Å². The smallest absolute Gasteiger partial charge is 0.126 e. The molecule has 1 aromatic carbocycles. The summed E-state index contributed by atoms with van der Waals surface area (Å²) in [5.74, 6) is -0.156. The van der Waals surface area contributed by atoms with Crippen molar-refractivity contribution in [3.05, 3.63) is 28.9 Å². The number of thiophene rings is 1. The molecule has 1 aromatic heterocycles. The number of benzene rings is 1. The number of halogens is 1. The Labute approximate surface area is 79.4 Å². The summed E-state index contributed by atoms with van der Waals surface area (Å²) in [6.07, 6.45) is 0. The Morgan fingerprint density at radius 2 is 2.17 bits per heavy atom. The minimum atomic E-state index is -0.156. The van der Waals surface area contributed by atoms with Crippen molar-refractivity contribution in [1.82, 2.24) is 0 Å². The largest absolute Gasteiger partial charge is 0.207 e. The van der Waals surface area contributed by atoms with E-state index in [1.54, 1.807) is 24.3 Å². The topological polar surface area (TPSA) is 0 Å². The molecule has 2 aromatic rings. The average Bonchev–Trinajstić information content (AvgIpc) is 2.41. The van der Waals surface area contributed by atoms with Crippen LogP contribution in [0.5, 0.6) is 0 Å². The predicted molar refractivity (Wildman–Crippen MR) is 53.8 cm³/mol. The van der Waals surface area contributed by atoms with Crippen LogP contribution in [0.25, 0.3) is 10.1 Å². The Kier molecular flexibility index (Phi) is 1.85. The first-order valence-electron chi connectivity index (χ1n) is 3.55. The van der Waals surface area contributed by atoms with E-state index < -0.39 is 0 Å². The lowest BCUT2D eigenvalue weighted by Crippen LogP contribution is -1.81. The van der Waals surface area contributed by atoms with Gasteiger partial charge in [-0.2, -0.15) is 0 Å². The van der Waals surface area contributed by atoms with Crippen LogP contribution < -0.4 is 0 Å². The van der Waals surface area contributed by atoms with Crippen LogP contribution in [0, 0.1) is 12.7 Å². The minimum Gasteiger partial charge on any atom is -0.207 e. The van der Waals surface area contributed by atoms with Gasteiger partial charge in [0.2, 0.25) is 0 Å². The third kappa shape index (κ3) is 1.04. The van der Waals surface area contributed by atoms with E-state index in [0.29, 0.717) is 5.56 Å². The summed E-state index contributed by atoms with van der Waals surface area (Å²) in [6.45, 7) is 1.78. The highest BCUT2D eigenvalue weighted by atomic mass is 32.1. The maximum Gasteiger partial charge on any atom is 0.126 e. The second-order valence-electron chi connectivity index (χ2n) is 2.67. The SMILES string of the molecule is Cc1c(F)ccc2scc(S)c12. The molecule has 0 saturated heterocycles. The zero-order chi connectivity index (χ0) is 8.72. The highest BCUT2D eigenvalue weighted by molar-refractivity contribution is 7.80. The van der Waals surface area contributed by atoms with Crippen LogP contribution in [0.15, 0.2) is 22.4 Å². The molecule has 0 aliphatic carbocycles. The predicted octanol–water partition coefficient (Wildman–Crippen LogP) is 3.64. The third-order valence-corrected chi connectivity index (χ3v) is 3.39. The number of hydrogen-bond acceptors (Lipinski definition) is 2. The zero-order valence-corrected chi connectivity index (χ0v) is 8.18. The van der Waals surface area contributed by atoms with Crippen molar-refractivity contribution < 1.29 is 4.39 Å². The monoisotopic (exact) mass is 198 g/mol. The molecular formula is C9H7FS2. The Morgan fingerprint density at radius 1 is 1.42 bits per heavy atom. The van der Waals surface area contributed by atoms with Gasteiger partial charge in [0.15, 0.2) is 0 Å². The first kappa shape index (κ1) is 8.08. The third-order valence-electron chi connectivity index (χ3n) is 1.91.